The Labute approximate surface area is 92.1 Å². The molecule has 15 heavy (non-hydrogen) atoms. The third-order valence-corrected chi connectivity index (χ3v) is 2.46. The molecule has 1 N–H and O–H groups in total. The summed E-state index contributed by atoms with van der Waals surface area (Å²) in [6, 6.07) is 4.45. The van der Waals surface area contributed by atoms with Crippen molar-refractivity contribution in [2.24, 2.45) is 0 Å². The maximum absolute atomic E-state index is 5.23. The standard InChI is InChI=1S/C13H18N2/c1-4-5-6-7-12(14-3)13-10-11(2)8-9-15-13/h1,8-10,12,14H,5-7H2,2-3H3. The highest BCUT2D eigenvalue weighted by Gasteiger charge is 2.09. The van der Waals surface area contributed by atoms with Crippen molar-refractivity contribution in [1.29, 1.82) is 0 Å². The molecule has 2 nitrogen and oxygen atoms in total. The highest BCUT2D eigenvalue weighted by molar-refractivity contribution is 5.17. The van der Waals surface area contributed by atoms with Crippen molar-refractivity contribution >= 4 is 0 Å². The lowest BCUT2D eigenvalue weighted by Gasteiger charge is -2.15. The smallest absolute Gasteiger partial charge is 0.0575 e. The summed E-state index contributed by atoms with van der Waals surface area (Å²) in [4.78, 5) is 4.38. The minimum Gasteiger partial charge on any atom is -0.312 e. The number of aryl methyl sites for hydroxylation is 1. The molecule has 0 spiro atoms. The van der Waals surface area contributed by atoms with Crippen molar-refractivity contribution in [1.82, 2.24) is 10.3 Å². The molecule has 2 heteroatoms. The van der Waals surface area contributed by atoms with Gasteiger partial charge < -0.3 is 5.32 Å². The van der Waals surface area contributed by atoms with Crippen LogP contribution in [-0.4, -0.2) is 12.0 Å². The second kappa shape index (κ2) is 6.21. The molecule has 0 aliphatic heterocycles. The zero-order valence-electron chi connectivity index (χ0n) is 9.46. The Morgan fingerprint density at radius 2 is 2.40 bits per heavy atom. The van der Waals surface area contributed by atoms with Crippen LogP contribution in [0.3, 0.4) is 0 Å². The van der Waals surface area contributed by atoms with E-state index in [1.54, 1.807) is 0 Å². The molecule has 0 aromatic carbocycles. The maximum Gasteiger partial charge on any atom is 0.0575 e. The van der Waals surface area contributed by atoms with Gasteiger partial charge in [0.25, 0.3) is 0 Å². The van der Waals surface area contributed by atoms with Crippen LogP contribution in [0.15, 0.2) is 18.3 Å². The highest BCUT2D eigenvalue weighted by atomic mass is 14.9. The maximum atomic E-state index is 5.23. The number of hydrogen-bond acceptors (Lipinski definition) is 2. The summed E-state index contributed by atoms with van der Waals surface area (Å²) in [7, 11) is 1.96. The minimum absolute atomic E-state index is 0.318. The molecule has 0 radical (unpaired) electrons. The molecule has 0 aliphatic carbocycles. The van der Waals surface area contributed by atoms with Crippen LogP contribution in [0, 0.1) is 19.3 Å². The molecule has 0 aliphatic rings. The van der Waals surface area contributed by atoms with Crippen molar-refractivity contribution in [2.45, 2.75) is 32.2 Å². The Bertz CT molecular complexity index is 339. The van der Waals surface area contributed by atoms with Gasteiger partial charge in [0.1, 0.15) is 0 Å². The number of pyridine rings is 1. The topological polar surface area (TPSA) is 24.9 Å². The molecule has 0 saturated carbocycles. The Kier molecular flexibility index (Phi) is 4.86. The van der Waals surface area contributed by atoms with Crippen LogP contribution < -0.4 is 5.32 Å². The first-order valence-electron chi connectivity index (χ1n) is 5.31. The molecular formula is C13H18N2. The van der Waals surface area contributed by atoms with Gasteiger partial charge in [-0.05, 0) is 44.5 Å². The predicted octanol–water partition coefficient (Wildman–Crippen LogP) is 2.45. The number of aromatic nitrogens is 1. The lowest BCUT2D eigenvalue weighted by atomic mass is 10.0. The fraction of sp³-hybridized carbons (Fsp3) is 0.462. The zero-order chi connectivity index (χ0) is 11.1. The number of nitrogens with zero attached hydrogens (tertiary/aromatic N) is 1. The SMILES string of the molecule is C#CCCCC(NC)c1cc(C)ccn1. The molecule has 1 rings (SSSR count). The first-order chi connectivity index (χ1) is 7.27. The zero-order valence-corrected chi connectivity index (χ0v) is 9.46. The van der Waals surface area contributed by atoms with E-state index in [-0.39, 0.29) is 0 Å². The third kappa shape index (κ3) is 3.73. The van der Waals surface area contributed by atoms with Gasteiger partial charge in [-0.1, -0.05) is 0 Å². The highest BCUT2D eigenvalue weighted by Crippen LogP contribution is 2.17. The molecule has 0 fully saturated rings. The Balaban J connectivity index is 2.62. The van der Waals surface area contributed by atoms with Crippen LogP contribution in [0.1, 0.15) is 36.6 Å². The lowest BCUT2D eigenvalue weighted by Crippen LogP contribution is -2.17. The number of hydrogen-bond donors (Lipinski definition) is 1. The van der Waals surface area contributed by atoms with Gasteiger partial charge in [-0.25, -0.2) is 0 Å². The van der Waals surface area contributed by atoms with E-state index < -0.39 is 0 Å². The molecule has 1 aromatic heterocycles. The summed E-state index contributed by atoms with van der Waals surface area (Å²) in [5.74, 6) is 2.66. The van der Waals surface area contributed by atoms with Gasteiger partial charge in [0, 0.05) is 18.7 Å². The quantitative estimate of drug-likeness (QED) is 0.586. The summed E-state index contributed by atoms with van der Waals surface area (Å²) in [6.07, 6.45) is 10.0. The first kappa shape index (κ1) is 11.7. The lowest BCUT2D eigenvalue weighted by molar-refractivity contribution is 0.519. The largest absolute Gasteiger partial charge is 0.312 e. The molecular weight excluding hydrogens is 184 g/mol. The summed E-state index contributed by atoms with van der Waals surface area (Å²) < 4.78 is 0. The van der Waals surface area contributed by atoms with E-state index in [0.717, 1.165) is 25.0 Å². The molecule has 0 bridgehead atoms. The van der Waals surface area contributed by atoms with E-state index in [2.05, 4.69) is 29.2 Å². The van der Waals surface area contributed by atoms with E-state index in [1.807, 2.05) is 19.3 Å². The normalized spacial score (nSPS) is 12.1. The van der Waals surface area contributed by atoms with E-state index >= 15 is 0 Å². The fourth-order valence-corrected chi connectivity index (χ4v) is 1.60. The molecule has 1 heterocycles. The summed E-state index contributed by atoms with van der Waals surface area (Å²) in [5.41, 5.74) is 2.35. The van der Waals surface area contributed by atoms with Gasteiger partial charge in [0.05, 0.1) is 5.69 Å². The van der Waals surface area contributed by atoms with Crippen molar-refractivity contribution in [2.75, 3.05) is 7.05 Å². The van der Waals surface area contributed by atoms with E-state index in [4.69, 9.17) is 6.42 Å². The van der Waals surface area contributed by atoms with Crippen LogP contribution in [0.4, 0.5) is 0 Å². The second-order valence-corrected chi connectivity index (χ2v) is 3.70. The van der Waals surface area contributed by atoms with E-state index in [0.29, 0.717) is 6.04 Å². The average Bonchev–Trinajstić information content (AvgIpc) is 2.24. The summed E-state index contributed by atoms with van der Waals surface area (Å²) in [5, 5.41) is 3.27. The van der Waals surface area contributed by atoms with Crippen molar-refractivity contribution in [3.8, 4) is 12.3 Å². The van der Waals surface area contributed by atoms with Crippen molar-refractivity contribution < 1.29 is 0 Å². The first-order valence-corrected chi connectivity index (χ1v) is 5.31. The van der Waals surface area contributed by atoms with Crippen LogP contribution >= 0.6 is 0 Å². The Hall–Kier alpha value is -1.33. The van der Waals surface area contributed by atoms with Gasteiger partial charge in [-0.2, -0.15) is 0 Å². The van der Waals surface area contributed by atoms with Crippen LogP contribution in [0.2, 0.25) is 0 Å². The fourth-order valence-electron chi connectivity index (χ4n) is 1.60. The molecule has 1 atom stereocenters. The third-order valence-electron chi connectivity index (χ3n) is 2.46. The van der Waals surface area contributed by atoms with Crippen LogP contribution in [0.5, 0.6) is 0 Å². The number of unbranched alkanes of at least 4 members (excludes halogenated alkanes) is 1. The van der Waals surface area contributed by atoms with Crippen molar-refractivity contribution in [3.63, 3.8) is 0 Å². The average molecular weight is 202 g/mol. The number of terminal acetylenes is 1. The monoisotopic (exact) mass is 202 g/mol. The molecule has 80 valence electrons. The Morgan fingerprint density at radius 1 is 1.60 bits per heavy atom. The van der Waals surface area contributed by atoms with E-state index in [9.17, 15) is 0 Å². The van der Waals surface area contributed by atoms with Crippen LogP contribution in [-0.2, 0) is 0 Å². The second-order valence-electron chi connectivity index (χ2n) is 3.70. The number of nitrogens with one attached hydrogen (secondary N) is 1. The minimum atomic E-state index is 0.318. The Morgan fingerprint density at radius 3 is 3.00 bits per heavy atom. The molecule has 0 amide bonds. The van der Waals surface area contributed by atoms with Gasteiger partial charge in [-0.15, -0.1) is 12.3 Å². The predicted molar refractivity (Wildman–Crippen MR) is 63.5 cm³/mol. The van der Waals surface area contributed by atoms with Gasteiger partial charge in [0.15, 0.2) is 0 Å². The van der Waals surface area contributed by atoms with Gasteiger partial charge >= 0.3 is 0 Å². The molecule has 1 unspecified atom stereocenters. The van der Waals surface area contributed by atoms with E-state index in [1.165, 1.54) is 5.56 Å². The molecule has 1 aromatic rings. The number of rotatable bonds is 5. The van der Waals surface area contributed by atoms with Crippen molar-refractivity contribution in [3.05, 3.63) is 29.6 Å². The summed E-state index contributed by atoms with van der Waals surface area (Å²) in [6.45, 7) is 2.08. The van der Waals surface area contributed by atoms with Gasteiger partial charge in [-0.3, -0.25) is 4.98 Å². The van der Waals surface area contributed by atoms with Gasteiger partial charge in [0.2, 0.25) is 0 Å². The van der Waals surface area contributed by atoms with Crippen LogP contribution in [0.25, 0.3) is 0 Å². The molecule has 0 saturated heterocycles. The summed E-state index contributed by atoms with van der Waals surface area (Å²) >= 11 is 0.